The minimum atomic E-state index is -0.885. The van der Waals surface area contributed by atoms with Crippen LogP contribution in [0.2, 0.25) is 0 Å². The molecule has 5 aliphatic heterocycles. The Labute approximate surface area is 260 Å². The van der Waals surface area contributed by atoms with Gasteiger partial charge in [0.15, 0.2) is 16.6 Å². The first-order chi connectivity index (χ1) is 21.8. The van der Waals surface area contributed by atoms with Crippen LogP contribution in [0.5, 0.6) is 6.01 Å². The van der Waals surface area contributed by atoms with E-state index < -0.39 is 12.0 Å². The second-order valence-electron chi connectivity index (χ2n) is 13.1. The van der Waals surface area contributed by atoms with E-state index in [-0.39, 0.29) is 40.5 Å². The first-order valence-corrected chi connectivity index (χ1v) is 16.5. The molecule has 1 aromatic carbocycles. The quantitative estimate of drug-likeness (QED) is 0.323. The number of hydrogen-bond acceptors (Lipinski definition) is 12. The van der Waals surface area contributed by atoms with Crippen LogP contribution < -0.4 is 26.2 Å². The Morgan fingerprint density at radius 3 is 2.73 bits per heavy atom. The van der Waals surface area contributed by atoms with Crippen molar-refractivity contribution in [2.24, 2.45) is 0 Å². The maximum Gasteiger partial charge on any atom is 0.320 e. The minimum absolute atomic E-state index is 0.108. The molecule has 8 heterocycles. The van der Waals surface area contributed by atoms with Gasteiger partial charge in [-0.2, -0.15) is 9.97 Å². The summed E-state index contributed by atoms with van der Waals surface area (Å²) in [5.74, 6) is 0.355. The van der Waals surface area contributed by atoms with Gasteiger partial charge in [0, 0.05) is 43.7 Å². The van der Waals surface area contributed by atoms with Gasteiger partial charge in [-0.1, -0.05) is 11.3 Å². The maximum absolute atomic E-state index is 14.8. The predicted octanol–water partition coefficient (Wildman–Crippen LogP) is 2.65. The number of thiazole rings is 1. The minimum Gasteiger partial charge on any atom is -0.461 e. The molecule has 5 fully saturated rings. The van der Waals surface area contributed by atoms with Crippen LogP contribution in [0.25, 0.3) is 32.6 Å². The molecule has 236 valence electrons. The fourth-order valence-corrected chi connectivity index (χ4v) is 8.81. The lowest BCUT2D eigenvalue weighted by molar-refractivity contribution is -0.0242. The Bertz CT molecular complexity index is 1890. The highest BCUT2D eigenvalue weighted by Crippen LogP contribution is 2.41. The number of benzene rings is 1. The van der Waals surface area contributed by atoms with Crippen molar-refractivity contribution in [2.45, 2.75) is 61.9 Å². The zero-order valence-corrected chi connectivity index (χ0v) is 25.4. The average molecular weight is 638 g/mol. The van der Waals surface area contributed by atoms with Crippen molar-refractivity contribution >= 4 is 43.5 Å². The van der Waals surface area contributed by atoms with Gasteiger partial charge in [0.2, 0.25) is 0 Å². The van der Waals surface area contributed by atoms with Gasteiger partial charge in [-0.25, -0.2) is 18.7 Å². The number of nitrogens with one attached hydrogen (secondary N) is 1. The Hall–Kier alpha value is -3.53. The van der Waals surface area contributed by atoms with Crippen molar-refractivity contribution in [2.75, 3.05) is 56.6 Å². The van der Waals surface area contributed by atoms with E-state index in [0.29, 0.717) is 84.2 Å². The molecule has 3 N–H and O–H groups in total. The van der Waals surface area contributed by atoms with Crippen molar-refractivity contribution in [1.29, 1.82) is 0 Å². The van der Waals surface area contributed by atoms with E-state index >= 15 is 0 Å². The standard InChI is InChI=1S/C30H33F2N9O3S/c31-15-8-30(6-1-7-40(30)9-15)14-44-29-37-24-21(26(38-29)39-10-16-2-3-17(11-39)34-16)27(42)41(18-12-43-13-18)25(36-24)19-4-5-20(32)23-22(19)35-28(33)45-23/h4-5,15-18,34H,1-3,6-14H2,(H2,33,35)/t15-,16?,17?,30+/m1/s1. The van der Waals surface area contributed by atoms with Gasteiger partial charge < -0.3 is 25.4 Å². The van der Waals surface area contributed by atoms with E-state index in [9.17, 15) is 13.6 Å². The summed E-state index contributed by atoms with van der Waals surface area (Å²) < 4.78 is 43.0. The van der Waals surface area contributed by atoms with Crippen molar-refractivity contribution in [3.8, 4) is 17.4 Å². The molecule has 12 nitrogen and oxygen atoms in total. The highest BCUT2D eigenvalue weighted by Gasteiger charge is 2.49. The monoisotopic (exact) mass is 637 g/mol. The van der Waals surface area contributed by atoms with E-state index in [0.717, 1.165) is 43.6 Å². The number of hydrogen-bond donors (Lipinski definition) is 2. The lowest BCUT2D eigenvalue weighted by atomic mass is 9.95. The molecule has 0 amide bonds. The first kappa shape index (κ1) is 27.8. The Kier molecular flexibility index (Phi) is 6.31. The van der Waals surface area contributed by atoms with Crippen molar-refractivity contribution in [1.82, 2.24) is 34.7 Å². The highest BCUT2D eigenvalue weighted by atomic mass is 32.1. The molecule has 45 heavy (non-hydrogen) atoms. The lowest BCUT2D eigenvalue weighted by Gasteiger charge is -2.35. The van der Waals surface area contributed by atoms with Crippen LogP contribution in [-0.2, 0) is 4.74 Å². The number of nitrogens with zero attached hydrogens (tertiary/aromatic N) is 7. The van der Waals surface area contributed by atoms with Crippen molar-refractivity contribution in [3.63, 3.8) is 0 Å². The second kappa shape index (κ2) is 10.2. The van der Waals surface area contributed by atoms with Gasteiger partial charge >= 0.3 is 6.01 Å². The van der Waals surface area contributed by atoms with Crippen molar-refractivity contribution in [3.05, 3.63) is 28.3 Å². The van der Waals surface area contributed by atoms with Crippen LogP contribution >= 0.6 is 11.3 Å². The number of halogens is 2. The molecule has 0 aliphatic carbocycles. The zero-order chi connectivity index (χ0) is 30.4. The molecule has 4 aromatic rings. The topological polar surface area (TPSA) is 137 Å². The zero-order valence-electron chi connectivity index (χ0n) is 24.5. The number of piperazine rings is 1. The van der Waals surface area contributed by atoms with Crippen LogP contribution in [0.15, 0.2) is 16.9 Å². The second-order valence-corrected chi connectivity index (χ2v) is 14.1. The van der Waals surface area contributed by atoms with E-state index in [1.54, 1.807) is 10.6 Å². The highest BCUT2D eigenvalue weighted by molar-refractivity contribution is 7.22. The Balaban J connectivity index is 1.22. The normalized spacial score (nSPS) is 28.3. The third-order valence-electron chi connectivity index (χ3n) is 10.2. The molecule has 4 atom stereocenters. The summed E-state index contributed by atoms with van der Waals surface area (Å²) >= 11 is 1.05. The number of ether oxygens (including phenoxy) is 2. The molecule has 5 aliphatic rings. The lowest BCUT2D eigenvalue weighted by Crippen LogP contribution is -2.52. The van der Waals surface area contributed by atoms with Gasteiger partial charge in [0.1, 0.15) is 29.8 Å². The first-order valence-electron chi connectivity index (χ1n) is 15.6. The molecule has 9 rings (SSSR count). The number of anilines is 2. The molecule has 2 bridgehead atoms. The van der Waals surface area contributed by atoms with Crippen LogP contribution in [0.4, 0.5) is 19.7 Å². The fraction of sp³-hybridized carbons (Fsp3) is 0.567. The van der Waals surface area contributed by atoms with E-state index in [2.05, 4.69) is 20.1 Å². The van der Waals surface area contributed by atoms with Crippen LogP contribution in [-0.4, -0.2) is 99.2 Å². The largest absolute Gasteiger partial charge is 0.461 e. The molecule has 5 saturated heterocycles. The van der Waals surface area contributed by atoms with Crippen LogP contribution in [0.3, 0.4) is 0 Å². The summed E-state index contributed by atoms with van der Waals surface area (Å²) in [6.45, 7) is 3.58. The summed E-state index contributed by atoms with van der Waals surface area (Å²) in [5, 5.41) is 4.16. The van der Waals surface area contributed by atoms with Gasteiger partial charge in [0.25, 0.3) is 5.56 Å². The van der Waals surface area contributed by atoms with Crippen molar-refractivity contribution < 1.29 is 18.3 Å². The molecule has 15 heteroatoms. The van der Waals surface area contributed by atoms with Crippen LogP contribution in [0, 0.1) is 5.82 Å². The summed E-state index contributed by atoms with van der Waals surface area (Å²) in [4.78, 5) is 37.9. The molecular weight excluding hydrogens is 604 g/mol. The molecule has 0 spiro atoms. The van der Waals surface area contributed by atoms with E-state index in [1.165, 1.54) is 6.07 Å². The number of alkyl halides is 1. The van der Waals surface area contributed by atoms with Crippen LogP contribution in [0.1, 0.15) is 38.1 Å². The number of nitrogen functional groups attached to an aromatic ring is 1. The Morgan fingerprint density at radius 1 is 1.13 bits per heavy atom. The average Bonchev–Trinajstić information content (AvgIpc) is 3.74. The number of aromatic nitrogens is 5. The fourth-order valence-electron chi connectivity index (χ4n) is 8.05. The molecular formula is C30H33F2N9O3S. The summed E-state index contributed by atoms with van der Waals surface area (Å²) in [6.07, 6.45) is 3.49. The summed E-state index contributed by atoms with van der Waals surface area (Å²) in [6, 6.07) is 3.34. The Morgan fingerprint density at radius 2 is 1.96 bits per heavy atom. The summed E-state index contributed by atoms with van der Waals surface area (Å²) in [5.41, 5.74) is 6.32. The predicted molar refractivity (Wildman–Crippen MR) is 165 cm³/mol. The van der Waals surface area contributed by atoms with E-state index in [4.69, 9.17) is 30.2 Å². The van der Waals surface area contributed by atoms with Gasteiger partial charge in [-0.3, -0.25) is 14.3 Å². The number of rotatable bonds is 6. The molecule has 3 aromatic heterocycles. The third kappa shape index (κ3) is 4.42. The molecule has 0 saturated carbocycles. The SMILES string of the molecule is Nc1nc2c(-c3nc4nc(OC[C@@]56CCCN5C[C@H](F)C6)nc(N5CC6CCC(C5)N6)c4c(=O)n3C3COC3)ccc(F)c2s1. The van der Waals surface area contributed by atoms with E-state index in [1.807, 2.05) is 0 Å². The van der Waals surface area contributed by atoms with Gasteiger partial charge in [-0.05, 0) is 44.4 Å². The maximum atomic E-state index is 14.8. The number of nitrogens with two attached hydrogens (primary N) is 1. The van der Waals surface area contributed by atoms with Gasteiger partial charge in [0.05, 0.1) is 35.0 Å². The molecule has 0 radical (unpaired) electrons. The van der Waals surface area contributed by atoms with Gasteiger partial charge in [-0.15, -0.1) is 0 Å². The molecule has 2 unspecified atom stereocenters. The third-order valence-corrected chi connectivity index (χ3v) is 11.1. The smallest absolute Gasteiger partial charge is 0.320 e. The number of fused-ring (bicyclic) bond motifs is 5. The summed E-state index contributed by atoms with van der Waals surface area (Å²) in [7, 11) is 0.